The van der Waals surface area contributed by atoms with Crippen LogP contribution in [-0.2, 0) is 17.9 Å². The highest BCUT2D eigenvalue weighted by Gasteiger charge is 2.34. The molecule has 1 saturated carbocycles. The van der Waals surface area contributed by atoms with Crippen molar-refractivity contribution in [3.8, 4) is 11.5 Å². The number of nitrogens with one attached hydrogen (secondary N) is 1. The highest BCUT2D eigenvalue weighted by atomic mass is 16.7. The molecule has 7 nitrogen and oxygen atoms in total. The van der Waals surface area contributed by atoms with Gasteiger partial charge in [-0.3, -0.25) is 9.59 Å². The molecule has 2 aliphatic rings. The molecule has 0 bridgehead atoms. The lowest BCUT2D eigenvalue weighted by Gasteiger charge is -2.22. The van der Waals surface area contributed by atoms with E-state index in [0.717, 1.165) is 18.4 Å². The van der Waals surface area contributed by atoms with E-state index in [4.69, 9.17) is 9.47 Å². The molecule has 1 amide bonds. The Labute approximate surface area is 160 Å². The van der Waals surface area contributed by atoms with Crippen molar-refractivity contribution in [2.24, 2.45) is 5.92 Å². The Hall–Kier alpha value is -3.35. The van der Waals surface area contributed by atoms with E-state index in [1.54, 1.807) is 17.0 Å². The summed E-state index contributed by atoms with van der Waals surface area (Å²) in [5.41, 5.74) is 1.38. The van der Waals surface area contributed by atoms with Gasteiger partial charge in [-0.1, -0.05) is 18.2 Å². The lowest BCUT2D eigenvalue weighted by Crippen LogP contribution is -2.32. The smallest absolute Gasteiger partial charge is 0.258 e. The molecule has 142 valence electrons. The van der Waals surface area contributed by atoms with Crippen LogP contribution in [0.5, 0.6) is 11.5 Å². The molecule has 28 heavy (non-hydrogen) atoms. The summed E-state index contributed by atoms with van der Waals surface area (Å²) < 4.78 is 10.8. The van der Waals surface area contributed by atoms with Gasteiger partial charge in [0, 0.05) is 12.5 Å². The van der Waals surface area contributed by atoms with Crippen molar-refractivity contribution < 1.29 is 14.3 Å². The van der Waals surface area contributed by atoms with Crippen LogP contribution in [0.3, 0.4) is 0 Å². The summed E-state index contributed by atoms with van der Waals surface area (Å²) in [5.74, 6) is 2.05. The lowest BCUT2D eigenvalue weighted by atomic mass is 10.1. The van der Waals surface area contributed by atoms with E-state index in [1.165, 1.54) is 0 Å². The molecule has 1 aliphatic heterocycles. The van der Waals surface area contributed by atoms with E-state index < -0.39 is 0 Å². The van der Waals surface area contributed by atoms with Gasteiger partial charge in [-0.2, -0.15) is 0 Å². The Bertz CT molecular complexity index is 1120. The first-order valence-corrected chi connectivity index (χ1v) is 9.32. The second kappa shape index (κ2) is 6.67. The largest absolute Gasteiger partial charge is 0.454 e. The zero-order chi connectivity index (χ0) is 19.1. The molecule has 0 spiro atoms. The molecule has 0 unspecified atom stereocenters. The molecule has 3 aromatic rings. The van der Waals surface area contributed by atoms with Crippen LogP contribution >= 0.6 is 0 Å². The summed E-state index contributed by atoms with van der Waals surface area (Å²) in [6.45, 7) is 0.887. The Morgan fingerprint density at radius 2 is 1.93 bits per heavy atom. The molecule has 2 heterocycles. The van der Waals surface area contributed by atoms with Gasteiger partial charge in [-0.05, 0) is 42.7 Å². The summed E-state index contributed by atoms with van der Waals surface area (Å²) in [7, 11) is 0. The fraction of sp³-hybridized carbons (Fsp3) is 0.286. The van der Waals surface area contributed by atoms with Crippen molar-refractivity contribution >= 4 is 16.8 Å². The van der Waals surface area contributed by atoms with Gasteiger partial charge in [-0.15, -0.1) is 0 Å². The number of fused-ring (bicyclic) bond motifs is 2. The van der Waals surface area contributed by atoms with Crippen molar-refractivity contribution in [1.82, 2.24) is 14.9 Å². The van der Waals surface area contributed by atoms with Crippen LogP contribution in [-0.4, -0.2) is 27.6 Å². The predicted molar refractivity (Wildman–Crippen MR) is 102 cm³/mol. The first-order valence-electron chi connectivity index (χ1n) is 9.32. The monoisotopic (exact) mass is 377 g/mol. The third-order valence-corrected chi connectivity index (χ3v) is 5.05. The molecule has 0 saturated heterocycles. The van der Waals surface area contributed by atoms with Crippen LogP contribution in [0.2, 0.25) is 0 Å². The number of H-pyrrole nitrogens is 1. The Kier molecular flexibility index (Phi) is 4.00. The minimum Gasteiger partial charge on any atom is -0.454 e. The normalized spacial score (nSPS) is 15.0. The van der Waals surface area contributed by atoms with Crippen molar-refractivity contribution in [3.63, 3.8) is 0 Å². The van der Waals surface area contributed by atoms with Crippen molar-refractivity contribution in [1.29, 1.82) is 0 Å². The Balaban J connectivity index is 1.44. The van der Waals surface area contributed by atoms with Crippen LogP contribution in [0, 0.1) is 5.92 Å². The number of rotatable bonds is 5. The van der Waals surface area contributed by atoms with Crippen LogP contribution in [0.4, 0.5) is 0 Å². The fourth-order valence-corrected chi connectivity index (χ4v) is 3.45. The maximum Gasteiger partial charge on any atom is 0.258 e. The van der Waals surface area contributed by atoms with Crippen LogP contribution in [0.25, 0.3) is 10.9 Å². The number of hydrogen-bond acceptors (Lipinski definition) is 5. The van der Waals surface area contributed by atoms with Crippen molar-refractivity contribution in [2.45, 2.75) is 25.9 Å². The maximum atomic E-state index is 12.8. The number of aromatic amines is 1. The molecular formula is C21H19N3O4. The topological polar surface area (TPSA) is 84.5 Å². The zero-order valence-corrected chi connectivity index (χ0v) is 15.2. The molecule has 1 fully saturated rings. The number of carbonyl (C=O) groups is 1. The average Bonchev–Trinajstić information content (AvgIpc) is 3.45. The summed E-state index contributed by atoms with van der Waals surface area (Å²) in [6, 6.07) is 12.9. The van der Waals surface area contributed by atoms with Gasteiger partial charge in [0.25, 0.3) is 5.56 Å². The van der Waals surface area contributed by atoms with Crippen LogP contribution in [0.1, 0.15) is 24.2 Å². The Morgan fingerprint density at radius 1 is 1.11 bits per heavy atom. The molecule has 0 radical (unpaired) electrons. The minimum atomic E-state index is -0.192. The third-order valence-electron chi connectivity index (χ3n) is 5.05. The number of benzene rings is 2. The SMILES string of the molecule is O=C(C1CC1)N(Cc1ccc2c(c1)OCO2)Cc1nc2ccccc2c(=O)[nH]1. The summed E-state index contributed by atoms with van der Waals surface area (Å²) in [6.07, 6.45) is 1.83. The summed E-state index contributed by atoms with van der Waals surface area (Å²) in [5, 5.41) is 0.544. The number of para-hydroxylation sites is 1. The minimum absolute atomic E-state index is 0.0705. The fourth-order valence-electron chi connectivity index (χ4n) is 3.45. The second-order valence-electron chi connectivity index (χ2n) is 7.19. The Morgan fingerprint density at radius 3 is 2.79 bits per heavy atom. The maximum absolute atomic E-state index is 12.8. The first-order chi connectivity index (χ1) is 13.7. The van der Waals surface area contributed by atoms with Gasteiger partial charge >= 0.3 is 0 Å². The number of hydrogen-bond donors (Lipinski definition) is 1. The molecule has 5 rings (SSSR count). The molecule has 1 aliphatic carbocycles. The molecule has 1 aromatic heterocycles. The van der Waals surface area contributed by atoms with Gasteiger partial charge in [0.1, 0.15) is 5.82 Å². The number of nitrogens with zero attached hydrogens (tertiary/aromatic N) is 2. The van der Waals surface area contributed by atoms with Crippen LogP contribution < -0.4 is 15.0 Å². The van der Waals surface area contributed by atoms with E-state index in [1.807, 2.05) is 30.3 Å². The van der Waals surface area contributed by atoms with Gasteiger partial charge in [-0.25, -0.2) is 4.98 Å². The van der Waals surface area contributed by atoms with Gasteiger partial charge in [0.2, 0.25) is 12.7 Å². The lowest BCUT2D eigenvalue weighted by molar-refractivity contribution is -0.133. The van der Waals surface area contributed by atoms with Gasteiger partial charge in [0.15, 0.2) is 11.5 Å². The van der Waals surface area contributed by atoms with Crippen molar-refractivity contribution in [2.75, 3.05) is 6.79 Å². The van der Waals surface area contributed by atoms with E-state index >= 15 is 0 Å². The number of carbonyl (C=O) groups excluding carboxylic acids is 1. The van der Waals surface area contributed by atoms with E-state index in [2.05, 4.69) is 9.97 Å². The van der Waals surface area contributed by atoms with E-state index in [0.29, 0.717) is 34.8 Å². The third kappa shape index (κ3) is 3.19. The molecule has 0 atom stereocenters. The highest BCUT2D eigenvalue weighted by Crippen LogP contribution is 2.34. The van der Waals surface area contributed by atoms with E-state index in [-0.39, 0.29) is 30.7 Å². The van der Waals surface area contributed by atoms with Crippen molar-refractivity contribution in [3.05, 3.63) is 64.2 Å². The predicted octanol–water partition coefficient (Wildman–Crippen LogP) is 2.59. The molecule has 2 aromatic carbocycles. The number of amides is 1. The molecule has 7 heteroatoms. The standard InChI is InChI=1S/C21H19N3O4/c25-20-15-3-1-2-4-16(15)22-19(23-20)11-24(21(26)14-6-7-14)10-13-5-8-17-18(9-13)28-12-27-17/h1-5,8-9,14H,6-7,10-12H2,(H,22,23,25). The van der Waals surface area contributed by atoms with Gasteiger partial charge < -0.3 is 19.4 Å². The molecule has 1 N–H and O–H groups in total. The van der Waals surface area contributed by atoms with Gasteiger partial charge in [0.05, 0.1) is 17.4 Å². The number of aromatic nitrogens is 2. The van der Waals surface area contributed by atoms with E-state index in [9.17, 15) is 9.59 Å². The average molecular weight is 377 g/mol. The quantitative estimate of drug-likeness (QED) is 0.739. The first kappa shape index (κ1) is 16.8. The second-order valence-corrected chi connectivity index (χ2v) is 7.19. The summed E-state index contributed by atoms with van der Waals surface area (Å²) in [4.78, 5) is 34.3. The highest BCUT2D eigenvalue weighted by molar-refractivity contribution is 5.81. The zero-order valence-electron chi connectivity index (χ0n) is 15.2. The van der Waals surface area contributed by atoms with Crippen LogP contribution in [0.15, 0.2) is 47.3 Å². The number of ether oxygens (including phenoxy) is 2. The molecular weight excluding hydrogens is 358 g/mol. The summed E-state index contributed by atoms with van der Waals surface area (Å²) >= 11 is 0.